The normalized spacial score (nSPS) is 11.9. The third-order valence-electron chi connectivity index (χ3n) is 3.79. The van der Waals surface area contributed by atoms with Gasteiger partial charge in [0.15, 0.2) is 0 Å². The molecule has 1 unspecified atom stereocenters. The van der Waals surface area contributed by atoms with E-state index in [1.165, 1.54) is 11.3 Å². The molecule has 0 aliphatic carbocycles. The van der Waals surface area contributed by atoms with Crippen LogP contribution in [0, 0.1) is 6.92 Å². The molecule has 1 N–H and O–H groups in total. The van der Waals surface area contributed by atoms with Gasteiger partial charge in [-0.05, 0) is 36.6 Å². The average molecular weight is 337 g/mol. The molecule has 3 aromatic rings. The molecule has 0 aliphatic rings. The van der Waals surface area contributed by atoms with Crippen LogP contribution in [-0.4, -0.2) is 15.9 Å². The second-order valence-corrected chi connectivity index (χ2v) is 6.66. The molecule has 0 radical (unpaired) electrons. The van der Waals surface area contributed by atoms with Crippen molar-refractivity contribution in [1.29, 1.82) is 0 Å². The van der Waals surface area contributed by atoms with Gasteiger partial charge < -0.3 is 5.32 Å². The Morgan fingerprint density at radius 2 is 1.79 bits per heavy atom. The molecule has 3 rings (SSSR count). The van der Waals surface area contributed by atoms with Gasteiger partial charge in [-0.1, -0.05) is 37.3 Å². The Bertz CT molecular complexity index is 776. The highest BCUT2D eigenvalue weighted by Gasteiger charge is 2.21. The molecule has 1 aromatic carbocycles. The van der Waals surface area contributed by atoms with E-state index >= 15 is 0 Å². The van der Waals surface area contributed by atoms with Gasteiger partial charge in [0, 0.05) is 12.4 Å². The smallest absolute Gasteiger partial charge is 0.264 e. The van der Waals surface area contributed by atoms with Crippen LogP contribution in [0.25, 0.3) is 0 Å². The number of nitrogens with one attached hydrogen (secondary N) is 1. The fraction of sp³-hybridized carbons (Fsp3) is 0.211. The van der Waals surface area contributed by atoms with Crippen LogP contribution < -0.4 is 5.32 Å². The highest BCUT2D eigenvalue weighted by Crippen LogP contribution is 2.24. The molecular weight excluding hydrogens is 318 g/mol. The number of nitrogens with zero attached hydrogens (tertiary/aromatic N) is 2. The minimum Gasteiger partial charge on any atom is -0.340 e. The lowest BCUT2D eigenvalue weighted by Crippen LogP contribution is -2.29. The number of carbonyl (C=O) groups is 1. The number of aromatic nitrogens is 2. The zero-order valence-electron chi connectivity index (χ0n) is 13.7. The number of rotatable bonds is 5. The Balaban J connectivity index is 1.94. The van der Waals surface area contributed by atoms with Crippen LogP contribution in [0.3, 0.4) is 0 Å². The fourth-order valence-corrected chi connectivity index (χ4v) is 3.56. The fourth-order valence-electron chi connectivity index (χ4n) is 2.64. The van der Waals surface area contributed by atoms with Gasteiger partial charge in [0.1, 0.15) is 4.88 Å². The van der Waals surface area contributed by atoms with Crippen LogP contribution in [0.5, 0.6) is 0 Å². The van der Waals surface area contributed by atoms with E-state index in [0.717, 1.165) is 28.2 Å². The zero-order valence-corrected chi connectivity index (χ0v) is 14.5. The minimum atomic E-state index is -0.214. The number of carbonyl (C=O) groups excluding carboxylic acids is 1. The third-order valence-corrected chi connectivity index (χ3v) is 4.81. The maximum Gasteiger partial charge on any atom is 0.264 e. The SMILES string of the molecule is CCc1nc(C)sc1C(=O)NC(c1ccccc1)c1ccncc1. The molecule has 2 heterocycles. The Labute approximate surface area is 145 Å². The highest BCUT2D eigenvalue weighted by molar-refractivity contribution is 7.13. The van der Waals surface area contributed by atoms with E-state index in [-0.39, 0.29) is 11.9 Å². The quantitative estimate of drug-likeness (QED) is 0.767. The first-order valence-corrected chi connectivity index (χ1v) is 8.72. The maximum absolute atomic E-state index is 12.8. The van der Waals surface area contributed by atoms with Crippen LogP contribution in [0.2, 0.25) is 0 Å². The summed E-state index contributed by atoms with van der Waals surface area (Å²) in [5.74, 6) is -0.0804. The number of hydrogen-bond acceptors (Lipinski definition) is 4. The summed E-state index contributed by atoms with van der Waals surface area (Å²) in [7, 11) is 0. The molecule has 0 fully saturated rings. The van der Waals surface area contributed by atoms with Crippen molar-refractivity contribution in [2.24, 2.45) is 0 Å². The molecule has 122 valence electrons. The molecule has 1 amide bonds. The van der Waals surface area contributed by atoms with Gasteiger partial charge in [-0.15, -0.1) is 11.3 Å². The summed E-state index contributed by atoms with van der Waals surface area (Å²) >= 11 is 1.44. The molecule has 0 spiro atoms. The van der Waals surface area contributed by atoms with Crippen molar-refractivity contribution in [3.63, 3.8) is 0 Å². The topological polar surface area (TPSA) is 54.9 Å². The number of aryl methyl sites for hydroxylation is 2. The van der Waals surface area contributed by atoms with Crippen molar-refractivity contribution in [2.45, 2.75) is 26.3 Å². The Morgan fingerprint density at radius 3 is 2.46 bits per heavy atom. The summed E-state index contributed by atoms with van der Waals surface area (Å²) in [6, 6.07) is 13.6. The molecular formula is C19H19N3OS. The van der Waals surface area contributed by atoms with Crippen molar-refractivity contribution in [3.05, 3.63) is 81.6 Å². The van der Waals surface area contributed by atoms with Crippen LogP contribution in [-0.2, 0) is 6.42 Å². The van der Waals surface area contributed by atoms with Gasteiger partial charge in [0.2, 0.25) is 0 Å². The van der Waals surface area contributed by atoms with Crippen molar-refractivity contribution in [1.82, 2.24) is 15.3 Å². The van der Waals surface area contributed by atoms with E-state index in [9.17, 15) is 4.79 Å². The number of amides is 1. The molecule has 4 nitrogen and oxygen atoms in total. The number of benzene rings is 1. The van der Waals surface area contributed by atoms with E-state index in [1.807, 2.05) is 56.3 Å². The van der Waals surface area contributed by atoms with Crippen LogP contribution in [0.4, 0.5) is 0 Å². The van der Waals surface area contributed by atoms with Crippen molar-refractivity contribution in [2.75, 3.05) is 0 Å². The monoisotopic (exact) mass is 337 g/mol. The Kier molecular flexibility index (Phi) is 5.01. The van der Waals surface area contributed by atoms with Crippen molar-refractivity contribution >= 4 is 17.2 Å². The number of thiazole rings is 1. The Morgan fingerprint density at radius 1 is 1.12 bits per heavy atom. The molecule has 2 aromatic heterocycles. The van der Waals surface area contributed by atoms with Gasteiger partial charge in [-0.25, -0.2) is 4.98 Å². The average Bonchev–Trinajstić information content (AvgIpc) is 3.02. The van der Waals surface area contributed by atoms with E-state index in [4.69, 9.17) is 0 Å². The molecule has 24 heavy (non-hydrogen) atoms. The number of hydrogen-bond donors (Lipinski definition) is 1. The predicted octanol–water partition coefficient (Wildman–Crippen LogP) is 3.93. The summed E-state index contributed by atoms with van der Waals surface area (Å²) in [5.41, 5.74) is 2.90. The lowest BCUT2D eigenvalue weighted by molar-refractivity contribution is 0.0946. The molecule has 0 saturated carbocycles. The second-order valence-electron chi connectivity index (χ2n) is 5.46. The first-order chi connectivity index (χ1) is 11.7. The van der Waals surface area contributed by atoms with E-state index < -0.39 is 0 Å². The molecule has 1 atom stereocenters. The van der Waals surface area contributed by atoms with Crippen molar-refractivity contribution < 1.29 is 4.79 Å². The van der Waals surface area contributed by atoms with Crippen LogP contribution >= 0.6 is 11.3 Å². The summed E-state index contributed by atoms with van der Waals surface area (Å²) in [4.78, 5) is 22.1. The first-order valence-electron chi connectivity index (χ1n) is 7.91. The minimum absolute atomic E-state index is 0.0804. The molecule has 0 saturated heterocycles. The predicted molar refractivity (Wildman–Crippen MR) is 96.2 cm³/mol. The largest absolute Gasteiger partial charge is 0.340 e. The van der Waals surface area contributed by atoms with Gasteiger partial charge in [0.25, 0.3) is 5.91 Å². The summed E-state index contributed by atoms with van der Waals surface area (Å²) in [6.45, 7) is 3.95. The second kappa shape index (κ2) is 7.36. The molecule has 5 heteroatoms. The Hall–Kier alpha value is -2.53. The summed E-state index contributed by atoms with van der Waals surface area (Å²) in [6.07, 6.45) is 4.23. The summed E-state index contributed by atoms with van der Waals surface area (Å²) < 4.78 is 0. The zero-order chi connectivity index (χ0) is 16.9. The van der Waals surface area contributed by atoms with Gasteiger partial charge in [0.05, 0.1) is 16.7 Å². The van der Waals surface area contributed by atoms with Gasteiger partial charge in [-0.3, -0.25) is 9.78 Å². The highest BCUT2D eigenvalue weighted by atomic mass is 32.1. The summed E-state index contributed by atoms with van der Waals surface area (Å²) in [5, 5.41) is 4.07. The lowest BCUT2D eigenvalue weighted by atomic mass is 9.99. The molecule has 0 bridgehead atoms. The maximum atomic E-state index is 12.8. The molecule has 0 aliphatic heterocycles. The first kappa shape index (κ1) is 16.3. The van der Waals surface area contributed by atoms with E-state index in [2.05, 4.69) is 15.3 Å². The van der Waals surface area contributed by atoms with Gasteiger partial charge in [-0.2, -0.15) is 0 Å². The van der Waals surface area contributed by atoms with Crippen molar-refractivity contribution in [3.8, 4) is 0 Å². The van der Waals surface area contributed by atoms with Gasteiger partial charge >= 0.3 is 0 Å². The van der Waals surface area contributed by atoms with E-state index in [1.54, 1.807) is 12.4 Å². The number of pyridine rings is 1. The van der Waals surface area contributed by atoms with E-state index in [0.29, 0.717) is 4.88 Å². The van der Waals surface area contributed by atoms with Crippen LogP contribution in [0.1, 0.15) is 44.5 Å². The third kappa shape index (κ3) is 3.51. The van der Waals surface area contributed by atoms with Crippen LogP contribution in [0.15, 0.2) is 54.9 Å². The standard InChI is InChI=1S/C19H19N3OS/c1-3-16-18(24-13(2)21-16)19(23)22-17(14-7-5-4-6-8-14)15-9-11-20-12-10-15/h4-12,17H,3H2,1-2H3,(H,22,23). The lowest BCUT2D eigenvalue weighted by Gasteiger charge is -2.19.